The summed E-state index contributed by atoms with van der Waals surface area (Å²) in [6.07, 6.45) is 4.69. The van der Waals surface area contributed by atoms with Gasteiger partial charge in [0.1, 0.15) is 0 Å². The Kier molecular flexibility index (Phi) is 5.25. The third-order valence-corrected chi connectivity index (χ3v) is 8.77. The van der Waals surface area contributed by atoms with E-state index < -0.39 is 10.0 Å². The van der Waals surface area contributed by atoms with E-state index in [2.05, 4.69) is 19.6 Å². The van der Waals surface area contributed by atoms with Crippen LogP contribution in [0.4, 0.5) is 5.69 Å². The molecule has 0 aliphatic carbocycles. The minimum Gasteiger partial charge on any atom is -0.325 e. The van der Waals surface area contributed by atoms with Gasteiger partial charge in [-0.25, -0.2) is 13.4 Å². The molecule has 10 heteroatoms. The molecule has 4 heterocycles. The van der Waals surface area contributed by atoms with Crippen LogP contribution in [0.5, 0.6) is 0 Å². The maximum absolute atomic E-state index is 13.5. The van der Waals surface area contributed by atoms with Crippen molar-refractivity contribution in [2.75, 3.05) is 25.0 Å². The van der Waals surface area contributed by atoms with Crippen LogP contribution in [0.25, 0.3) is 10.1 Å². The number of aryl methyl sites for hydroxylation is 1. The van der Waals surface area contributed by atoms with Gasteiger partial charge in [0, 0.05) is 37.1 Å². The fourth-order valence-corrected chi connectivity index (χ4v) is 7.33. The zero-order valence-electron chi connectivity index (χ0n) is 17.1. The SMILES string of the molecule is Cc1ccccc1NC(=O)CN1CC2CCC(C1)N2S(=O)(=O)c1nccc2sncc12. The van der Waals surface area contributed by atoms with Gasteiger partial charge in [0.15, 0.2) is 5.03 Å². The predicted octanol–water partition coefficient (Wildman–Crippen LogP) is 2.48. The zero-order chi connectivity index (χ0) is 21.6. The first kappa shape index (κ1) is 20.5. The van der Waals surface area contributed by atoms with E-state index in [4.69, 9.17) is 0 Å². The number of hydrogen-bond acceptors (Lipinski definition) is 7. The van der Waals surface area contributed by atoms with Gasteiger partial charge in [-0.1, -0.05) is 18.2 Å². The maximum atomic E-state index is 13.5. The van der Waals surface area contributed by atoms with Crippen molar-refractivity contribution in [3.05, 3.63) is 48.3 Å². The van der Waals surface area contributed by atoms with Gasteiger partial charge in [-0.15, -0.1) is 0 Å². The summed E-state index contributed by atoms with van der Waals surface area (Å²) in [5.41, 5.74) is 1.82. The van der Waals surface area contributed by atoms with E-state index in [9.17, 15) is 13.2 Å². The largest absolute Gasteiger partial charge is 0.325 e. The maximum Gasteiger partial charge on any atom is 0.261 e. The Morgan fingerprint density at radius 3 is 2.68 bits per heavy atom. The molecule has 2 fully saturated rings. The van der Waals surface area contributed by atoms with Gasteiger partial charge >= 0.3 is 0 Å². The lowest BCUT2D eigenvalue weighted by Gasteiger charge is -2.39. The highest BCUT2D eigenvalue weighted by atomic mass is 32.2. The number of nitrogens with zero attached hydrogens (tertiary/aromatic N) is 4. The van der Waals surface area contributed by atoms with E-state index in [-0.39, 0.29) is 29.6 Å². The zero-order valence-corrected chi connectivity index (χ0v) is 18.7. The lowest BCUT2D eigenvalue weighted by Crippen LogP contribution is -2.56. The molecule has 162 valence electrons. The van der Waals surface area contributed by atoms with Crippen molar-refractivity contribution >= 4 is 43.2 Å². The Balaban J connectivity index is 1.32. The molecule has 2 aromatic heterocycles. The van der Waals surface area contributed by atoms with Crippen molar-refractivity contribution in [1.82, 2.24) is 18.6 Å². The normalized spacial score (nSPS) is 22.1. The lowest BCUT2D eigenvalue weighted by molar-refractivity contribution is -0.117. The van der Waals surface area contributed by atoms with Crippen LogP contribution in [0.15, 0.2) is 47.8 Å². The van der Waals surface area contributed by atoms with Gasteiger partial charge in [-0.2, -0.15) is 8.68 Å². The smallest absolute Gasteiger partial charge is 0.261 e. The molecule has 3 aromatic rings. The van der Waals surface area contributed by atoms with E-state index in [0.717, 1.165) is 28.8 Å². The Labute approximate surface area is 185 Å². The summed E-state index contributed by atoms with van der Waals surface area (Å²) in [7, 11) is -3.74. The first-order valence-electron chi connectivity index (χ1n) is 10.2. The number of fused-ring (bicyclic) bond motifs is 3. The van der Waals surface area contributed by atoms with Crippen molar-refractivity contribution < 1.29 is 13.2 Å². The second-order valence-electron chi connectivity index (χ2n) is 8.13. The Hall–Kier alpha value is -2.40. The number of pyridine rings is 1. The number of anilines is 1. The predicted molar refractivity (Wildman–Crippen MR) is 119 cm³/mol. The molecule has 2 aliphatic rings. The van der Waals surface area contributed by atoms with Crippen molar-refractivity contribution in [2.45, 2.75) is 36.9 Å². The molecule has 2 aliphatic heterocycles. The Bertz CT molecular complexity index is 1230. The highest BCUT2D eigenvalue weighted by Crippen LogP contribution is 2.36. The second-order valence-corrected chi connectivity index (χ2v) is 10.7. The van der Waals surface area contributed by atoms with Crippen LogP contribution in [-0.4, -0.2) is 64.6 Å². The third kappa shape index (κ3) is 3.73. The molecule has 31 heavy (non-hydrogen) atoms. The molecule has 0 saturated carbocycles. The van der Waals surface area contributed by atoms with E-state index >= 15 is 0 Å². The quantitative estimate of drug-likeness (QED) is 0.632. The van der Waals surface area contributed by atoms with Crippen molar-refractivity contribution in [3.8, 4) is 0 Å². The molecule has 2 unspecified atom stereocenters. The van der Waals surface area contributed by atoms with Crippen LogP contribution < -0.4 is 5.32 Å². The summed E-state index contributed by atoms with van der Waals surface area (Å²) in [6.45, 7) is 3.28. The van der Waals surface area contributed by atoms with Gasteiger partial charge in [-0.05, 0) is 49.0 Å². The summed E-state index contributed by atoms with van der Waals surface area (Å²) >= 11 is 1.26. The third-order valence-electron chi connectivity index (χ3n) is 6.05. The minimum absolute atomic E-state index is 0.0826. The lowest BCUT2D eigenvalue weighted by atomic mass is 10.2. The van der Waals surface area contributed by atoms with Crippen molar-refractivity contribution in [1.29, 1.82) is 0 Å². The molecule has 1 N–H and O–H groups in total. The summed E-state index contributed by atoms with van der Waals surface area (Å²) in [6, 6.07) is 9.14. The molecule has 0 radical (unpaired) electrons. The fourth-order valence-electron chi connectivity index (χ4n) is 4.66. The monoisotopic (exact) mass is 457 g/mol. The molecule has 5 rings (SSSR count). The number of rotatable bonds is 5. The van der Waals surface area contributed by atoms with Crippen molar-refractivity contribution in [2.24, 2.45) is 0 Å². The van der Waals surface area contributed by atoms with Gasteiger partial charge < -0.3 is 5.32 Å². The first-order valence-corrected chi connectivity index (χ1v) is 12.5. The number of carbonyl (C=O) groups excluding carboxylic acids is 1. The average molecular weight is 458 g/mol. The molecule has 8 nitrogen and oxygen atoms in total. The molecular formula is C21H23N5O3S2. The summed E-state index contributed by atoms with van der Waals surface area (Å²) in [5, 5.41) is 3.62. The Morgan fingerprint density at radius 1 is 1.19 bits per heavy atom. The van der Waals surface area contributed by atoms with E-state index in [1.807, 2.05) is 31.2 Å². The Morgan fingerprint density at radius 2 is 1.94 bits per heavy atom. The number of nitrogens with one attached hydrogen (secondary N) is 1. The summed E-state index contributed by atoms with van der Waals surface area (Å²) in [5.74, 6) is -0.0826. The number of aromatic nitrogens is 2. The minimum atomic E-state index is -3.74. The number of benzene rings is 1. The highest BCUT2D eigenvalue weighted by Gasteiger charge is 2.47. The van der Waals surface area contributed by atoms with Crippen LogP contribution in [0.2, 0.25) is 0 Å². The van der Waals surface area contributed by atoms with Gasteiger partial charge in [-0.3, -0.25) is 9.69 Å². The number of piperazine rings is 1. The first-order chi connectivity index (χ1) is 14.9. The van der Waals surface area contributed by atoms with Gasteiger partial charge in [0.2, 0.25) is 5.91 Å². The van der Waals surface area contributed by atoms with Crippen molar-refractivity contribution in [3.63, 3.8) is 0 Å². The van der Waals surface area contributed by atoms with Gasteiger partial charge in [0.25, 0.3) is 10.0 Å². The summed E-state index contributed by atoms with van der Waals surface area (Å²) in [4.78, 5) is 18.8. The topological polar surface area (TPSA) is 95.5 Å². The standard InChI is InChI=1S/C21H23N5O3S2/c1-14-4-2-3-5-18(14)24-20(27)13-25-11-15-6-7-16(12-25)26(15)31(28,29)21-17-10-23-30-19(17)8-9-22-21/h2-5,8-10,15-16H,6-7,11-13H2,1H3,(H,24,27). The number of hydrogen-bond donors (Lipinski definition) is 1. The molecule has 2 saturated heterocycles. The average Bonchev–Trinajstić information content (AvgIpc) is 3.32. The van der Waals surface area contributed by atoms with Gasteiger partial charge in [0.05, 0.1) is 22.8 Å². The number of carbonyl (C=O) groups is 1. The fraction of sp³-hybridized carbons (Fsp3) is 0.381. The molecule has 1 aromatic carbocycles. The number of para-hydroxylation sites is 1. The van der Waals surface area contributed by atoms with Crippen LogP contribution in [-0.2, 0) is 14.8 Å². The molecule has 1 amide bonds. The van der Waals surface area contributed by atoms with E-state index in [1.165, 1.54) is 17.7 Å². The van der Waals surface area contributed by atoms with Crippen LogP contribution >= 0.6 is 11.5 Å². The number of sulfonamides is 1. The van der Waals surface area contributed by atoms with Crippen LogP contribution in [0.1, 0.15) is 18.4 Å². The molecule has 2 bridgehead atoms. The molecule has 0 spiro atoms. The second kappa shape index (κ2) is 7.94. The summed E-state index contributed by atoms with van der Waals surface area (Å²) < 4.78 is 33.6. The highest BCUT2D eigenvalue weighted by molar-refractivity contribution is 7.89. The number of likely N-dealkylation sites (tertiary alicyclic amines) is 1. The molecule has 2 atom stereocenters. The van der Waals surface area contributed by atoms with Crippen LogP contribution in [0, 0.1) is 6.92 Å². The van der Waals surface area contributed by atoms with E-state index in [1.54, 1.807) is 16.6 Å². The number of amides is 1. The molecular weight excluding hydrogens is 434 g/mol. The van der Waals surface area contributed by atoms with Crippen LogP contribution in [0.3, 0.4) is 0 Å². The van der Waals surface area contributed by atoms with E-state index in [0.29, 0.717) is 18.5 Å².